The Kier molecular flexibility index (Phi) is 6.51. The van der Waals surface area contributed by atoms with Crippen LogP contribution in [0.3, 0.4) is 0 Å². The van der Waals surface area contributed by atoms with Gasteiger partial charge in [-0.15, -0.1) is 12.3 Å². The van der Waals surface area contributed by atoms with Gasteiger partial charge in [0, 0.05) is 12.5 Å². The molecule has 0 fully saturated rings. The molecule has 0 aliphatic carbocycles. The van der Waals surface area contributed by atoms with Gasteiger partial charge in [-0.25, -0.2) is 0 Å². The molecule has 0 aromatic rings. The summed E-state index contributed by atoms with van der Waals surface area (Å²) in [7, 11) is 0. The Morgan fingerprint density at radius 2 is 2.25 bits per heavy atom. The summed E-state index contributed by atoms with van der Waals surface area (Å²) in [6, 6.07) is 0.575. The number of rotatable bonds is 5. The maximum Gasteiger partial charge on any atom is 0.0293 e. The van der Waals surface area contributed by atoms with Crippen molar-refractivity contribution >= 4 is 0 Å². The van der Waals surface area contributed by atoms with Gasteiger partial charge in [-0.3, -0.25) is 0 Å². The van der Waals surface area contributed by atoms with Crippen LogP contribution in [-0.2, 0) is 0 Å². The molecule has 0 aliphatic heterocycles. The number of terminal acetylenes is 1. The molecule has 0 unspecified atom stereocenters. The van der Waals surface area contributed by atoms with Crippen molar-refractivity contribution in [2.24, 2.45) is 0 Å². The van der Waals surface area contributed by atoms with Crippen LogP contribution in [-0.4, -0.2) is 12.6 Å². The van der Waals surface area contributed by atoms with Gasteiger partial charge in [-0.2, -0.15) is 0 Å². The van der Waals surface area contributed by atoms with Crippen LogP contribution in [0, 0.1) is 12.3 Å². The monoisotopic (exact) mass is 165 g/mol. The molecule has 0 amide bonds. The van der Waals surface area contributed by atoms with E-state index < -0.39 is 0 Å². The maximum atomic E-state index is 5.18. The van der Waals surface area contributed by atoms with Crippen molar-refractivity contribution in [1.29, 1.82) is 0 Å². The van der Waals surface area contributed by atoms with Crippen LogP contribution in [0.25, 0.3) is 0 Å². The Morgan fingerprint density at radius 1 is 1.58 bits per heavy atom. The number of allylic oxidation sites excluding steroid dienone is 1. The molecule has 1 heteroatoms. The summed E-state index contributed by atoms with van der Waals surface area (Å²) in [6.45, 7) is 7.42. The van der Waals surface area contributed by atoms with Crippen molar-refractivity contribution in [2.75, 3.05) is 6.54 Å². The van der Waals surface area contributed by atoms with Gasteiger partial charge in [0.15, 0.2) is 0 Å². The lowest BCUT2D eigenvalue weighted by molar-refractivity contribution is 0.594. The molecule has 0 bridgehead atoms. The Hall–Kier alpha value is -0.740. The van der Waals surface area contributed by atoms with E-state index in [4.69, 9.17) is 6.42 Å². The molecule has 0 rings (SSSR count). The Bertz CT molecular complexity index is 172. The minimum atomic E-state index is 0.575. The molecule has 0 heterocycles. The molecule has 0 aromatic heterocycles. The topological polar surface area (TPSA) is 12.0 Å². The second kappa shape index (κ2) is 6.94. The second-order valence-corrected chi connectivity index (χ2v) is 3.33. The summed E-state index contributed by atoms with van der Waals surface area (Å²) in [5.41, 5.74) is 1.29. The highest BCUT2D eigenvalue weighted by atomic mass is 14.9. The van der Waals surface area contributed by atoms with E-state index in [-0.39, 0.29) is 0 Å². The first-order chi connectivity index (χ1) is 5.66. The van der Waals surface area contributed by atoms with E-state index in [1.807, 2.05) is 0 Å². The van der Waals surface area contributed by atoms with E-state index >= 15 is 0 Å². The molecule has 1 nitrogen and oxygen atoms in total. The van der Waals surface area contributed by atoms with Gasteiger partial charge in [-0.1, -0.05) is 25.5 Å². The lowest BCUT2D eigenvalue weighted by Crippen LogP contribution is -2.23. The van der Waals surface area contributed by atoms with Crippen molar-refractivity contribution in [1.82, 2.24) is 5.32 Å². The zero-order valence-corrected chi connectivity index (χ0v) is 8.35. The first-order valence-electron chi connectivity index (χ1n) is 4.49. The summed E-state index contributed by atoms with van der Waals surface area (Å²) < 4.78 is 0. The first-order valence-corrected chi connectivity index (χ1v) is 4.49. The van der Waals surface area contributed by atoms with Crippen molar-refractivity contribution in [3.63, 3.8) is 0 Å². The molecule has 0 saturated heterocycles. The molecule has 0 aliphatic rings. The number of nitrogens with one attached hydrogen (secondary N) is 1. The highest BCUT2D eigenvalue weighted by Gasteiger charge is 1.89. The van der Waals surface area contributed by atoms with Gasteiger partial charge < -0.3 is 5.32 Å². The standard InChI is InChI=1S/C11H19N/c1-5-7-11(4)8-6-9-12-10(2)3/h1,8,10,12H,6-7,9H2,2-4H3. The van der Waals surface area contributed by atoms with Crippen LogP contribution in [0.1, 0.15) is 33.6 Å². The van der Waals surface area contributed by atoms with Crippen LogP contribution in [0.5, 0.6) is 0 Å². The van der Waals surface area contributed by atoms with Crippen LogP contribution < -0.4 is 5.32 Å². The van der Waals surface area contributed by atoms with Gasteiger partial charge in [0.25, 0.3) is 0 Å². The first kappa shape index (κ1) is 11.3. The summed E-state index contributed by atoms with van der Waals surface area (Å²) in [4.78, 5) is 0. The predicted octanol–water partition coefficient (Wildman–Crippen LogP) is 2.34. The van der Waals surface area contributed by atoms with Crippen molar-refractivity contribution < 1.29 is 0 Å². The average molecular weight is 165 g/mol. The molecule has 0 spiro atoms. The zero-order chi connectivity index (χ0) is 9.40. The minimum Gasteiger partial charge on any atom is -0.314 e. The molecule has 68 valence electrons. The largest absolute Gasteiger partial charge is 0.314 e. The second-order valence-electron chi connectivity index (χ2n) is 3.33. The molecule has 0 atom stereocenters. The normalized spacial score (nSPS) is 11.8. The summed E-state index contributed by atoms with van der Waals surface area (Å²) in [6.07, 6.45) is 9.23. The number of hydrogen-bond donors (Lipinski definition) is 1. The van der Waals surface area contributed by atoms with Crippen molar-refractivity contribution in [2.45, 2.75) is 39.7 Å². The molecule has 1 N–H and O–H groups in total. The summed E-state index contributed by atoms with van der Waals surface area (Å²) >= 11 is 0. The van der Waals surface area contributed by atoms with Gasteiger partial charge in [0.1, 0.15) is 0 Å². The third-order valence-corrected chi connectivity index (χ3v) is 1.57. The quantitative estimate of drug-likeness (QED) is 0.374. The summed E-state index contributed by atoms with van der Waals surface area (Å²) in [5, 5.41) is 3.35. The third-order valence-electron chi connectivity index (χ3n) is 1.57. The fourth-order valence-corrected chi connectivity index (χ4v) is 0.924. The molecule has 0 saturated carbocycles. The molecule has 12 heavy (non-hydrogen) atoms. The van der Waals surface area contributed by atoms with Crippen LogP contribution in [0.15, 0.2) is 11.6 Å². The summed E-state index contributed by atoms with van der Waals surface area (Å²) in [5.74, 6) is 2.63. The third kappa shape index (κ3) is 7.37. The Balaban J connectivity index is 3.41. The fourth-order valence-electron chi connectivity index (χ4n) is 0.924. The molecule has 0 radical (unpaired) electrons. The highest BCUT2D eigenvalue weighted by Crippen LogP contribution is 1.98. The van der Waals surface area contributed by atoms with E-state index in [1.165, 1.54) is 5.57 Å². The average Bonchev–Trinajstić information content (AvgIpc) is 1.98. The van der Waals surface area contributed by atoms with E-state index in [2.05, 4.69) is 38.1 Å². The smallest absolute Gasteiger partial charge is 0.0293 e. The SMILES string of the molecule is C#CCC(C)=CCCNC(C)C. The lowest BCUT2D eigenvalue weighted by Gasteiger charge is -2.05. The van der Waals surface area contributed by atoms with Crippen LogP contribution >= 0.6 is 0 Å². The Morgan fingerprint density at radius 3 is 2.75 bits per heavy atom. The predicted molar refractivity (Wildman–Crippen MR) is 55.0 cm³/mol. The zero-order valence-electron chi connectivity index (χ0n) is 8.35. The van der Waals surface area contributed by atoms with E-state index in [1.54, 1.807) is 0 Å². The van der Waals surface area contributed by atoms with Gasteiger partial charge >= 0.3 is 0 Å². The Labute approximate surface area is 76.2 Å². The van der Waals surface area contributed by atoms with Gasteiger partial charge in [0.05, 0.1) is 0 Å². The van der Waals surface area contributed by atoms with Gasteiger partial charge in [0.2, 0.25) is 0 Å². The molecular formula is C11H19N. The fraction of sp³-hybridized carbons (Fsp3) is 0.636. The molecule has 0 aromatic carbocycles. The van der Waals surface area contributed by atoms with Gasteiger partial charge in [-0.05, 0) is 19.9 Å². The van der Waals surface area contributed by atoms with Crippen molar-refractivity contribution in [3.8, 4) is 12.3 Å². The van der Waals surface area contributed by atoms with E-state index in [9.17, 15) is 0 Å². The maximum absolute atomic E-state index is 5.18. The van der Waals surface area contributed by atoms with Crippen LogP contribution in [0.4, 0.5) is 0 Å². The minimum absolute atomic E-state index is 0.575. The van der Waals surface area contributed by atoms with Crippen molar-refractivity contribution in [3.05, 3.63) is 11.6 Å². The highest BCUT2D eigenvalue weighted by molar-refractivity contribution is 5.07. The lowest BCUT2D eigenvalue weighted by atomic mass is 10.2. The van der Waals surface area contributed by atoms with E-state index in [0.29, 0.717) is 6.04 Å². The molecular weight excluding hydrogens is 146 g/mol. The van der Waals surface area contributed by atoms with Crippen LogP contribution in [0.2, 0.25) is 0 Å². The number of hydrogen-bond acceptors (Lipinski definition) is 1. The van der Waals surface area contributed by atoms with E-state index in [0.717, 1.165) is 19.4 Å².